The molecule has 1 heterocycles. The number of ketones is 1. The molecule has 0 aromatic heterocycles. The van der Waals surface area contributed by atoms with Crippen LogP contribution < -0.4 is 5.32 Å². The van der Waals surface area contributed by atoms with E-state index < -0.39 is 0 Å². The summed E-state index contributed by atoms with van der Waals surface area (Å²) in [6.45, 7) is 8.15. The van der Waals surface area contributed by atoms with E-state index in [2.05, 4.69) is 5.32 Å². The lowest BCUT2D eigenvalue weighted by atomic mass is 10.0. The van der Waals surface area contributed by atoms with E-state index in [4.69, 9.17) is 9.47 Å². The van der Waals surface area contributed by atoms with Crippen molar-refractivity contribution in [1.29, 1.82) is 0 Å². The van der Waals surface area contributed by atoms with Crippen molar-refractivity contribution in [3.05, 3.63) is 0 Å². The lowest BCUT2D eigenvalue weighted by molar-refractivity contribution is -0.123. The van der Waals surface area contributed by atoms with Crippen LogP contribution in [-0.2, 0) is 14.3 Å². The number of hydrogen-bond acceptors (Lipinski definition) is 4. The van der Waals surface area contributed by atoms with Gasteiger partial charge in [-0.15, -0.1) is 0 Å². The summed E-state index contributed by atoms with van der Waals surface area (Å²) >= 11 is 0. The van der Waals surface area contributed by atoms with Gasteiger partial charge in [-0.1, -0.05) is 13.8 Å². The highest BCUT2D eigenvalue weighted by molar-refractivity contribution is 5.85. The molecular formula is C13H25NO3. The minimum atomic E-state index is -0.0334. The average molecular weight is 243 g/mol. The first-order chi connectivity index (χ1) is 8.11. The molecule has 0 amide bonds. The SMILES string of the molecule is CC(C)C(=O)[C@H](C)NCCCCC1OCCO1. The summed E-state index contributed by atoms with van der Waals surface area (Å²) in [5, 5.41) is 3.26. The van der Waals surface area contributed by atoms with E-state index in [9.17, 15) is 4.79 Å². The second-order valence-electron chi connectivity index (χ2n) is 4.90. The second-order valence-corrected chi connectivity index (χ2v) is 4.90. The lowest BCUT2D eigenvalue weighted by Crippen LogP contribution is -2.37. The van der Waals surface area contributed by atoms with Crippen LogP contribution >= 0.6 is 0 Å². The maximum absolute atomic E-state index is 11.6. The molecule has 4 nitrogen and oxygen atoms in total. The van der Waals surface area contributed by atoms with Crippen LogP contribution in [0.15, 0.2) is 0 Å². The predicted octanol–water partition coefficient (Wildman–Crippen LogP) is 1.73. The Morgan fingerprint density at radius 1 is 1.24 bits per heavy atom. The fourth-order valence-corrected chi connectivity index (χ4v) is 1.93. The van der Waals surface area contributed by atoms with E-state index in [1.54, 1.807) is 0 Å². The summed E-state index contributed by atoms with van der Waals surface area (Å²) in [6, 6.07) is -0.0334. The average Bonchev–Trinajstić information content (AvgIpc) is 2.80. The molecule has 100 valence electrons. The van der Waals surface area contributed by atoms with Crippen molar-refractivity contribution < 1.29 is 14.3 Å². The Morgan fingerprint density at radius 2 is 1.88 bits per heavy atom. The van der Waals surface area contributed by atoms with Crippen LogP contribution in [0.1, 0.15) is 40.0 Å². The van der Waals surface area contributed by atoms with Gasteiger partial charge in [-0.3, -0.25) is 4.79 Å². The molecule has 1 rings (SSSR count). The molecule has 0 saturated carbocycles. The van der Waals surface area contributed by atoms with Gasteiger partial charge in [0.2, 0.25) is 0 Å². The normalized spacial score (nSPS) is 18.8. The van der Waals surface area contributed by atoms with Gasteiger partial charge in [0, 0.05) is 5.92 Å². The van der Waals surface area contributed by atoms with E-state index in [0.29, 0.717) is 0 Å². The Bertz CT molecular complexity index is 225. The molecule has 1 fully saturated rings. The van der Waals surface area contributed by atoms with Crippen LogP contribution in [0.3, 0.4) is 0 Å². The van der Waals surface area contributed by atoms with Gasteiger partial charge in [0.15, 0.2) is 12.1 Å². The van der Waals surface area contributed by atoms with Crippen molar-refractivity contribution >= 4 is 5.78 Å². The molecule has 17 heavy (non-hydrogen) atoms. The third kappa shape index (κ3) is 5.61. The molecule has 1 aliphatic rings. The molecule has 0 bridgehead atoms. The molecule has 0 aromatic carbocycles. The van der Waals surface area contributed by atoms with Gasteiger partial charge in [0.1, 0.15) is 0 Å². The third-order valence-electron chi connectivity index (χ3n) is 3.00. The summed E-state index contributed by atoms with van der Waals surface area (Å²) in [6.07, 6.45) is 3.08. The first-order valence-electron chi connectivity index (χ1n) is 6.61. The fraction of sp³-hybridized carbons (Fsp3) is 0.923. The van der Waals surface area contributed by atoms with Crippen molar-refractivity contribution in [3.8, 4) is 0 Å². The van der Waals surface area contributed by atoms with Gasteiger partial charge in [-0.25, -0.2) is 0 Å². The topological polar surface area (TPSA) is 47.6 Å². The summed E-state index contributed by atoms with van der Waals surface area (Å²) in [7, 11) is 0. The van der Waals surface area contributed by atoms with Crippen LogP contribution in [0, 0.1) is 5.92 Å². The molecule has 0 spiro atoms. The minimum Gasteiger partial charge on any atom is -0.350 e. The summed E-state index contributed by atoms with van der Waals surface area (Å²) in [4.78, 5) is 11.6. The number of hydrogen-bond donors (Lipinski definition) is 1. The first-order valence-corrected chi connectivity index (χ1v) is 6.61. The van der Waals surface area contributed by atoms with Crippen LogP contribution in [0.2, 0.25) is 0 Å². The van der Waals surface area contributed by atoms with Crippen molar-refractivity contribution in [1.82, 2.24) is 5.32 Å². The van der Waals surface area contributed by atoms with Crippen molar-refractivity contribution in [2.24, 2.45) is 5.92 Å². The molecule has 1 aliphatic heterocycles. The maximum atomic E-state index is 11.6. The Labute approximate surface area is 104 Å². The van der Waals surface area contributed by atoms with Crippen molar-refractivity contribution in [2.75, 3.05) is 19.8 Å². The highest BCUT2D eigenvalue weighted by Gasteiger charge is 2.16. The highest BCUT2D eigenvalue weighted by atomic mass is 16.7. The van der Waals surface area contributed by atoms with Gasteiger partial charge >= 0.3 is 0 Å². The lowest BCUT2D eigenvalue weighted by Gasteiger charge is -2.15. The molecule has 0 aromatic rings. The Morgan fingerprint density at radius 3 is 2.47 bits per heavy atom. The van der Waals surface area contributed by atoms with Crippen molar-refractivity contribution in [2.45, 2.75) is 52.4 Å². The van der Waals surface area contributed by atoms with Crippen LogP contribution in [0.4, 0.5) is 0 Å². The highest BCUT2D eigenvalue weighted by Crippen LogP contribution is 2.11. The molecule has 0 unspecified atom stereocenters. The van der Waals surface area contributed by atoms with Gasteiger partial charge in [-0.2, -0.15) is 0 Å². The molecular weight excluding hydrogens is 218 g/mol. The fourth-order valence-electron chi connectivity index (χ4n) is 1.93. The summed E-state index contributed by atoms with van der Waals surface area (Å²) in [5.41, 5.74) is 0. The first kappa shape index (κ1) is 14.6. The Balaban J connectivity index is 1.97. The minimum absolute atomic E-state index is 0.00437. The second kappa shape index (κ2) is 7.80. The van der Waals surface area contributed by atoms with E-state index in [1.807, 2.05) is 20.8 Å². The number of nitrogens with one attached hydrogen (secondary N) is 1. The number of carbonyl (C=O) groups excluding carboxylic acids is 1. The number of rotatable bonds is 8. The third-order valence-corrected chi connectivity index (χ3v) is 3.00. The van der Waals surface area contributed by atoms with Gasteiger partial charge in [0.25, 0.3) is 0 Å². The van der Waals surface area contributed by atoms with E-state index in [0.717, 1.165) is 39.0 Å². The molecule has 0 aliphatic carbocycles. The summed E-state index contributed by atoms with van der Waals surface area (Å²) < 4.78 is 10.7. The van der Waals surface area contributed by atoms with Crippen LogP contribution in [0.25, 0.3) is 0 Å². The zero-order valence-corrected chi connectivity index (χ0v) is 11.2. The van der Waals surface area contributed by atoms with Gasteiger partial charge in [0.05, 0.1) is 19.3 Å². The molecule has 1 saturated heterocycles. The van der Waals surface area contributed by atoms with Gasteiger partial charge in [-0.05, 0) is 32.7 Å². The summed E-state index contributed by atoms with van der Waals surface area (Å²) in [5.74, 6) is 0.394. The number of unbranched alkanes of at least 4 members (excludes halogenated alkanes) is 1. The number of ether oxygens (including phenoxy) is 2. The van der Waals surface area contributed by atoms with E-state index in [1.165, 1.54) is 0 Å². The van der Waals surface area contributed by atoms with E-state index >= 15 is 0 Å². The monoisotopic (exact) mass is 243 g/mol. The zero-order valence-electron chi connectivity index (χ0n) is 11.2. The molecule has 4 heteroatoms. The predicted molar refractivity (Wildman–Crippen MR) is 66.9 cm³/mol. The quantitative estimate of drug-likeness (QED) is 0.660. The van der Waals surface area contributed by atoms with Crippen LogP contribution in [-0.4, -0.2) is 37.9 Å². The van der Waals surface area contributed by atoms with E-state index in [-0.39, 0.29) is 24.0 Å². The number of Topliss-reactive ketones (excluding diaryl/α,β-unsaturated/α-hetero) is 1. The maximum Gasteiger partial charge on any atom is 0.157 e. The molecule has 1 N–H and O–H groups in total. The van der Waals surface area contributed by atoms with Gasteiger partial charge < -0.3 is 14.8 Å². The smallest absolute Gasteiger partial charge is 0.157 e. The standard InChI is InChI=1S/C13H25NO3/c1-10(2)13(15)11(3)14-7-5-4-6-12-16-8-9-17-12/h10-12,14H,4-9H2,1-3H3/t11-/m0/s1. The molecule has 0 radical (unpaired) electrons. The Kier molecular flexibility index (Phi) is 6.70. The Hall–Kier alpha value is -0.450. The van der Waals surface area contributed by atoms with Crippen LogP contribution in [0.5, 0.6) is 0 Å². The number of carbonyl (C=O) groups is 1. The zero-order chi connectivity index (χ0) is 12.7. The van der Waals surface area contributed by atoms with Crippen molar-refractivity contribution in [3.63, 3.8) is 0 Å². The largest absolute Gasteiger partial charge is 0.350 e. The molecule has 1 atom stereocenters.